The number of hydrogen-bond donors (Lipinski definition) is 0. The van der Waals surface area contributed by atoms with Crippen molar-refractivity contribution in [1.29, 1.82) is 0 Å². The molecule has 2 aliphatic rings. The Balaban J connectivity index is 1.45. The van der Waals surface area contributed by atoms with Crippen LogP contribution in [0.15, 0.2) is 48.5 Å². The molecule has 5 rings (SSSR count). The fourth-order valence-electron chi connectivity index (χ4n) is 4.02. The fraction of sp³-hybridized carbons (Fsp3) is 0.273. The number of benzene rings is 2. The Morgan fingerprint density at radius 1 is 1.04 bits per heavy atom. The highest BCUT2D eigenvalue weighted by molar-refractivity contribution is 6.29. The Morgan fingerprint density at radius 3 is 2.79 bits per heavy atom. The maximum Gasteiger partial charge on any atom is 0.254 e. The maximum atomic E-state index is 13.3. The van der Waals surface area contributed by atoms with Gasteiger partial charge in [0, 0.05) is 17.5 Å². The first-order valence-corrected chi connectivity index (χ1v) is 9.84. The first kappa shape index (κ1) is 17.3. The first-order valence-electron chi connectivity index (χ1n) is 9.46. The molecule has 1 amide bonds. The van der Waals surface area contributed by atoms with Gasteiger partial charge in [0.05, 0.1) is 11.6 Å². The van der Waals surface area contributed by atoms with Crippen molar-refractivity contribution in [2.45, 2.75) is 18.9 Å². The second-order valence-electron chi connectivity index (χ2n) is 7.10. The van der Waals surface area contributed by atoms with E-state index in [0.717, 1.165) is 47.4 Å². The van der Waals surface area contributed by atoms with Gasteiger partial charge in [-0.2, -0.15) is 0 Å². The zero-order valence-corrected chi connectivity index (χ0v) is 16.0. The van der Waals surface area contributed by atoms with Crippen molar-refractivity contribution in [3.8, 4) is 11.5 Å². The molecule has 0 aliphatic carbocycles. The second kappa shape index (κ2) is 6.99. The van der Waals surface area contributed by atoms with Crippen molar-refractivity contribution in [1.82, 2.24) is 9.88 Å². The lowest BCUT2D eigenvalue weighted by Gasteiger charge is -2.27. The predicted octanol–water partition coefficient (Wildman–Crippen LogP) is 4.64. The number of carbonyl (C=O) groups is 1. The number of pyridine rings is 1. The van der Waals surface area contributed by atoms with Gasteiger partial charge in [0.25, 0.3) is 5.91 Å². The van der Waals surface area contributed by atoms with Crippen LogP contribution in [0.4, 0.5) is 0 Å². The molecule has 3 aromatic rings. The summed E-state index contributed by atoms with van der Waals surface area (Å²) in [6.45, 7) is 1.87. The van der Waals surface area contributed by atoms with Crippen LogP contribution < -0.4 is 9.47 Å². The quantitative estimate of drug-likeness (QED) is 0.594. The summed E-state index contributed by atoms with van der Waals surface area (Å²) in [5.41, 5.74) is 2.54. The van der Waals surface area contributed by atoms with Crippen LogP contribution in [-0.2, 0) is 0 Å². The lowest BCUT2D eigenvalue weighted by atomic mass is 10.0. The van der Waals surface area contributed by atoms with Crippen molar-refractivity contribution < 1.29 is 14.3 Å². The highest BCUT2D eigenvalue weighted by Crippen LogP contribution is 2.38. The van der Waals surface area contributed by atoms with E-state index in [2.05, 4.69) is 4.98 Å². The lowest BCUT2D eigenvalue weighted by molar-refractivity contribution is 0.0735. The van der Waals surface area contributed by atoms with Gasteiger partial charge >= 0.3 is 0 Å². The van der Waals surface area contributed by atoms with Crippen LogP contribution in [0.5, 0.6) is 11.5 Å². The second-order valence-corrected chi connectivity index (χ2v) is 7.49. The number of halogens is 1. The summed E-state index contributed by atoms with van der Waals surface area (Å²) in [7, 11) is 0. The minimum Gasteiger partial charge on any atom is -0.486 e. The Hall–Kier alpha value is -2.79. The first-order chi connectivity index (χ1) is 13.7. The van der Waals surface area contributed by atoms with Gasteiger partial charge in [0.2, 0.25) is 0 Å². The maximum absolute atomic E-state index is 13.3. The van der Waals surface area contributed by atoms with E-state index in [1.165, 1.54) is 0 Å². The lowest BCUT2D eigenvalue weighted by Crippen LogP contribution is -2.30. The third-order valence-electron chi connectivity index (χ3n) is 5.37. The molecule has 0 radical (unpaired) electrons. The number of amides is 1. The minimum atomic E-state index is 0.0363. The van der Waals surface area contributed by atoms with Gasteiger partial charge in [-0.3, -0.25) is 4.79 Å². The highest BCUT2D eigenvalue weighted by Gasteiger charge is 2.31. The third kappa shape index (κ3) is 3.06. The van der Waals surface area contributed by atoms with Crippen LogP contribution in [0, 0.1) is 0 Å². The molecule has 2 aliphatic heterocycles. The number of carbonyl (C=O) groups excluding carboxylic acids is 1. The van der Waals surface area contributed by atoms with E-state index in [0.29, 0.717) is 23.9 Å². The molecular weight excluding hydrogens is 376 g/mol. The summed E-state index contributed by atoms with van der Waals surface area (Å²) in [5.74, 6) is 1.57. The number of aromatic nitrogens is 1. The van der Waals surface area contributed by atoms with Crippen molar-refractivity contribution in [3.63, 3.8) is 0 Å². The molecular formula is C22H19ClN2O3. The Morgan fingerprint density at radius 2 is 1.89 bits per heavy atom. The van der Waals surface area contributed by atoms with E-state index < -0.39 is 0 Å². The van der Waals surface area contributed by atoms with E-state index in [4.69, 9.17) is 21.1 Å². The van der Waals surface area contributed by atoms with Gasteiger partial charge in [-0.1, -0.05) is 17.7 Å². The standard InChI is InChI=1S/C22H19ClN2O3/c23-21-8-5-14-12-16(3-6-17(14)24-21)22(26)25-9-1-2-18(25)15-4-7-19-20(13-15)28-11-10-27-19/h3-8,12-13,18H,1-2,9-11H2. The molecule has 1 aromatic heterocycles. The molecule has 3 heterocycles. The molecule has 0 bridgehead atoms. The Kier molecular flexibility index (Phi) is 4.32. The van der Waals surface area contributed by atoms with Crippen LogP contribution >= 0.6 is 11.6 Å². The fourth-order valence-corrected chi connectivity index (χ4v) is 4.18. The van der Waals surface area contributed by atoms with Crippen molar-refractivity contribution >= 4 is 28.4 Å². The summed E-state index contributed by atoms with van der Waals surface area (Å²) in [5, 5.41) is 1.36. The summed E-state index contributed by atoms with van der Waals surface area (Å²) < 4.78 is 11.3. The highest BCUT2D eigenvalue weighted by atomic mass is 35.5. The average molecular weight is 395 g/mol. The summed E-state index contributed by atoms with van der Waals surface area (Å²) in [6, 6.07) is 15.2. The number of fused-ring (bicyclic) bond motifs is 2. The van der Waals surface area contributed by atoms with E-state index >= 15 is 0 Å². The molecule has 0 N–H and O–H groups in total. The third-order valence-corrected chi connectivity index (χ3v) is 5.58. The molecule has 1 atom stereocenters. The van der Waals surface area contributed by atoms with Gasteiger partial charge in [-0.25, -0.2) is 4.98 Å². The SMILES string of the molecule is O=C(c1ccc2nc(Cl)ccc2c1)N1CCCC1c1ccc2c(c1)OCCO2. The summed E-state index contributed by atoms with van der Waals surface area (Å²) in [4.78, 5) is 19.5. The Bertz CT molecular complexity index is 1070. The zero-order chi connectivity index (χ0) is 19.1. The molecule has 1 saturated heterocycles. The molecule has 28 heavy (non-hydrogen) atoms. The molecule has 0 saturated carbocycles. The number of hydrogen-bond acceptors (Lipinski definition) is 4. The number of likely N-dealkylation sites (tertiary alicyclic amines) is 1. The Labute approximate surface area is 167 Å². The topological polar surface area (TPSA) is 51.7 Å². The van der Waals surface area contributed by atoms with Crippen LogP contribution in [0.25, 0.3) is 10.9 Å². The van der Waals surface area contributed by atoms with E-state index in [1.807, 2.05) is 47.4 Å². The van der Waals surface area contributed by atoms with E-state index in [9.17, 15) is 4.79 Å². The van der Waals surface area contributed by atoms with Crippen LogP contribution in [0.2, 0.25) is 5.15 Å². The summed E-state index contributed by atoms with van der Waals surface area (Å²) >= 11 is 5.96. The monoisotopic (exact) mass is 394 g/mol. The van der Waals surface area contributed by atoms with Crippen molar-refractivity contribution in [2.24, 2.45) is 0 Å². The van der Waals surface area contributed by atoms with E-state index in [1.54, 1.807) is 6.07 Å². The molecule has 142 valence electrons. The van der Waals surface area contributed by atoms with Gasteiger partial charge in [0.1, 0.15) is 18.4 Å². The van der Waals surface area contributed by atoms with Gasteiger partial charge in [-0.15, -0.1) is 0 Å². The van der Waals surface area contributed by atoms with Crippen LogP contribution in [0.1, 0.15) is 34.8 Å². The van der Waals surface area contributed by atoms with Crippen molar-refractivity contribution in [2.75, 3.05) is 19.8 Å². The van der Waals surface area contributed by atoms with Crippen LogP contribution in [-0.4, -0.2) is 35.5 Å². The molecule has 0 spiro atoms. The molecule has 1 unspecified atom stereocenters. The van der Waals surface area contributed by atoms with Crippen LogP contribution in [0.3, 0.4) is 0 Å². The smallest absolute Gasteiger partial charge is 0.254 e. The zero-order valence-electron chi connectivity index (χ0n) is 15.2. The van der Waals surface area contributed by atoms with Gasteiger partial charge in [-0.05, 0) is 60.9 Å². The summed E-state index contributed by atoms with van der Waals surface area (Å²) in [6.07, 6.45) is 1.92. The number of ether oxygens (including phenoxy) is 2. The normalized spacial score (nSPS) is 18.5. The number of nitrogens with zero attached hydrogens (tertiary/aromatic N) is 2. The largest absolute Gasteiger partial charge is 0.486 e. The van der Waals surface area contributed by atoms with Gasteiger partial charge in [0.15, 0.2) is 11.5 Å². The molecule has 2 aromatic carbocycles. The molecule has 6 heteroatoms. The average Bonchev–Trinajstić information content (AvgIpc) is 3.22. The van der Waals surface area contributed by atoms with Crippen molar-refractivity contribution in [3.05, 3.63) is 64.8 Å². The number of rotatable bonds is 2. The van der Waals surface area contributed by atoms with Gasteiger partial charge < -0.3 is 14.4 Å². The minimum absolute atomic E-state index is 0.0363. The van der Waals surface area contributed by atoms with E-state index in [-0.39, 0.29) is 11.9 Å². The molecule has 1 fully saturated rings. The molecule has 5 nitrogen and oxygen atoms in total. The predicted molar refractivity (Wildman–Crippen MR) is 107 cm³/mol.